The molecule has 0 aromatic heterocycles. The molecule has 9 nitrogen and oxygen atoms in total. The highest BCUT2D eigenvalue weighted by molar-refractivity contribution is 5.89. The molecule has 9 heteroatoms. The van der Waals surface area contributed by atoms with Crippen molar-refractivity contribution in [1.29, 1.82) is 0 Å². The molecule has 21 heavy (non-hydrogen) atoms. The summed E-state index contributed by atoms with van der Waals surface area (Å²) in [7, 11) is 1.48. The second kappa shape index (κ2) is 7.46. The third-order valence-corrected chi connectivity index (χ3v) is 3.34. The molecule has 0 bridgehead atoms. The van der Waals surface area contributed by atoms with E-state index in [0.717, 1.165) is 0 Å². The number of carbonyl (C=O) groups is 4. The van der Waals surface area contributed by atoms with Crippen molar-refractivity contribution < 1.29 is 24.3 Å². The fraction of sp³-hybridized carbons (Fsp3) is 0.667. The van der Waals surface area contributed by atoms with E-state index < -0.39 is 30.0 Å². The van der Waals surface area contributed by atoms with Crippen LogP contribution >= 0.6 is 0 Å². The maximum Gasteiger partial charge on any atom is 0.326 e. The van der Waals surface area contributed by atoms with E-state index in [-0.39, 0.29) is 18.7 Å². The first-order valence-corrected chi connectivity index (χ1v) is 6.66. The van der Waals surface area contributed by atoms with Gasteiger partial charge >= 0.3 is 12.0 Å². The molecule has 5 N–H and O–H groups in total. The molecule has 1 aliphatic rings. The molecule has 1 unspecified atom stereocenters. The molecule has 1 fully saturated rings. The Labute approximate surface area is 121 Å². The minimum atomic E-state index is -1.25. The third-order valence-electron chi connectivity index (χ3n) is 3.34. The molecule has 0 spiro atoms. The maximum atomic E-state index is 12.1. The van der Waals surface area contributed by atoms with Crippen molar-refractivity contribution in [2.45, 2.75) is 37.8 Å². The predicted octanol–water partition coefficient (Wildman–Crippen LogP) is -1.37. The van der Waals surface area contributed by atoms with Crippen LogP contribution in [0.4, 0.5) is 4.79 Å². The first-order chi connectivity index (χ1) is 9.86. The van der Waals surface area contributed by atoms with Crippen LogP contribution in [0.2, 0.25) is 0 Å². The number of hydrogen-bond donors (Lipinski definition) is 4. The van der Waals surface area contributed by atoms with E-state index in [2.05, 4.69) is 10.6 Å². The van der Waals surface area contributed by atoms with Gasteiger partial charge in [-0.2, -0.15) is 0 Å². The first kappa shape index (κ1) is 16.7. The number of urea groups is 1. The van der Waals surface area contributed by atoms with E-state index in [1.54, 1.807) is 0 Å². The molecule has 0 aromatic carbocycles. The number of aliphatic carboxylic acids is 1. The van der Waals surface area contributed by atoms with Crippen LogP contribution in [0.1, 0.15) is 25.7 Å². The Kier molecular flexibility index (Phi) is 5.94. The maximum absolute atomic E-state index is 12.1. The molecule has 1 saturated heterocycles. The highest BCUT2D eigenvalue weighted by Gasteiger charge is 2.35. The average Bonchev–Trinajstić information content (AvgIpc) is 2.91. The number of nitrogens with one attached hydrogen (secondary N) is 2. The van der Waals surface area contributed by atoms with Crippen LogP contribution in [0.15, 0.2) is 0 Å². The lowest BCUT2D eigenvalue weighted by molar-refractivity contribution is -0.139. The minimum Gasteiger partial charge on any atom is -0.480 e. The van der Waals surface area contributed by atoms with Crippen LogP contribution in [-0.2, 0) is 14.4 Å². The fourth-order valence-corrected chi connectivity index (χ4v) is 2.22. The van der Waals surface area contributed by atoms with Gasteiger partial charge in [0.15, 0.2) is 0 Å². The number of primary amides is 1. The minimum absolute atomic E-state index is 0.0884. The van der Waals surface area contributed by atoms with Crippen LogP contribution < -0.4 is 16.4 Å². The lowest BCUT2D eigenvalue weighted by Crippen LogP contribution is -2.52. The van der Waals surface area contributed by atoms with Crippen molar-refractivity contribution in [3.05, 3.63) is 0 Å². The van der Waals surface area contributed by atoms with E-state index in [9.17, 15) is 19.2 Å². The van der Waals surface area contributed by atoms with Gasteiger partial charge in [0.2, 0.25) is 11.8 Å². The van der Waals surface area contributed by atoms with Crippen LogP contribution in [0.3, 0.4) is 0 Å². The highest BCUT2D eigenvalue weighted by Crippen LogP contribution is 2.17. The van der Waals surface area contributed by atoms with Gasteiger partial charge < -0.3 is 26.4 Å². The number of nitrogens with zero attached hydrogens (tertiary/aromatic N) is 1. The number of rotatable bonds is 6. The van der Waals surface area contributed by atoms with E-state index in [0.29, 0.717) is 19.4 Å². The van der Waals surface area contributed by atoms with Gasteiger partial charge in [0.05, 0.1) is 0 Å². The zero-order valence-corrected chi connectivity index (χ0v) is 11.8. The van der Waals surface area contributed by atoms with Gasteiger partial charge in [0.25, 0.3) is 0 Å². The molecule has 4 amide bonds. The summed E-state index contributed by atoms with van der Waals surface area (Å²) < 4.78 is 0. The molecular formula is C12H20N4O5. The van der Waals surface area contributed by atoms with Crippen molar-refractivity contribution in [1.82, 2.24) is 15.5 Å². The summed E-state index contributed by atoms with van der Waals surface area (Å²) in [6, 6.07) is -2.44. The van der Waals surface area contributed by atoms with Crippen molar-refractivity contribution in [3.8, 4) is 0 Å². The van der Waals surface area contributed by atoms with Crippen molar-refractivity contribution in [3.63, 3.8) is 0 Å². The number of likely N-dealkylation sites (N-methyl/N-ethyl adjacent to an activating group) is 1. The normalized spacial score (nSPS) is 18.9. The first-order valence-electron chi connectivity index (χ1n) is 6.66. The van der Waals surface area contributed by atoms with Gasteiger partial charge in [-0.05, 0) is 19.3 Å². The Morgan fingerprint density at radius 2 is 2.05 bits per heavy atom. The molecular weight excluding hydrogens is 280 g/mol. The lowest BCUT2D eigenvalue weighted by Gasteiger charge is -2.25. The van der Waals surface area contributed by atoms with Gasteiger partial charge in [-0.15, -0.1) is 0 Å². The summed E-state index contributed by atoms with van der Waals surface area (Å²) in [5, 5.41) is 13.8. The van der Waals surface area contributed by atoms with E-state index in [1.807, 2.05) is 0 Å². The van der Waals surface area contributed by atoms with Gasteiger partial charge in [-0.3, -0.25) is 9.59 Å². The van der Waals surface area contributed by atoms with E-state index >= 15 is 0 Å². The molecule has 118 valence electrons. The van der Waals surface area contributed by atoms with Crippen LogP contribution in [0.5, 0.6) is 0 Å². The number of carboxylic acids is 1. The zero-order chi connectivity index (χ0) is 16.0. The van der Waals surface area contributed by atoms with Crippen molar-refractivity contribution in [2.24, 2.45) is 5.73 Å². The number of likely N-dealkylation sites (tertiary alicyclic amines) is 1. The second-order valence-corrected chi connectivity index (χ2v) is 4.81. The largest absolute Gasteiger partial charge is 0.480 e. The number of amides is 4. The van der Waals surface area contributed by atoms with E-state index in [4.69, 9.17) is 10.8 Å². The summed E-state index contributed by atoms with van der Waals surface area (Å²) in [5.41, 5.74) is 4.97. The monoisotopic (exact) mass is 300 g/mol. The third kappa shape index (κ3) is 4.62. The van der Waals surface area contributed by atoms with E-state index in [1.165, 1.54) is 11.9 Å². The number of hydrogen-bond acceptors (Lipinski definition) is 4. The summed E-state index contributed by atoms with van der Waals surface area (Å²) in [5.74, 6) is -2.17. The Morgan fingerprint density at radius 3 is 2.57 bits per heavy atom. The Hall–Kier alpha value is -2.32. The van der Waals surface area contributed by atoms with Crippen molar-refractivity contribution >= 4 is 23.8 Å². The molecule has 1 aliphatic heterocycles. The second-order valence-electron chi connectivity index (χ2n) is 4.81. The summed E-state index contributed by atoms with van der Waals surface area (Å²) in [6.07, 6.45) is 0.974. The SMILES string of the molecule is CNC(=O)C1CCCN1C(=O)N[C@@H](CCC(N)=O)C(=O)O. The lowest BCUT2D eigenvalue weighted by atomic mass is 10.1. The van der Waals surface area contributed by atoms with Gasteiger partial charge in [-0.1, -0.05) is 0 Å². The molecule has 1 heterocycles. The summed E-state index contributed by atoms with van der Waals surface area (Å²) in [4.78, 5) is 46.8. The van der Waals surface area contributed by atoms with Gasteiger partial charge in [0.1, 0.15) is 12.1 Å². The van der Waals surface area contributed by atoms with Crippen LogP contribution in [0, 0.1) is 0 Å². The predicted molar refractivity (Wildman–Crippen MR) is 72.2 cm³/mol. The summed E-state index contributed by atoms with van der Waals surface area (Å²) in [6.45, 7) is 0.381. The highest BCUT2D eigenvalue weighted by atomic mass is 16.4. The molecule has 0 radical (unpaired) electrons. The molecule has 2 atom stereocenters. The standard InChI is InChI=1S/C12H20N4O5/c1-14-10(18)8-3-2-6-16(8)12(21)15-7(11(19)20)4-5-9(13)17/h7-8H,2-6H2,1H3,(H2,13,17)(H,14,18)(H,15,21)(H,19,20)/t7-,8?/m0/s1. The summed E-state index contributed by atoms with van der Waals surface area (Å²) >= 11 is 0. The van der Waals surface area contributed by atoms with Crippen molar-refractivity contribution in [2.75, 3.05) is 13.6 Å². The van der Waals surface area contributed by atoms with Gasteiger partial charge in [0, 0.05) is 20.0 Å². The molecule has 0 saturated carbocycles. The number of nitrogens with two attached hydrogens (primary N) is 1. The smallest absolute Gasteiger partial charge is 0.326 e. The quantitative estimate of drug-likeness (QED) is 0.478. The average molecular weight is 300 g/mol. The molecule has 1 rings (SSSR count). The van der Waals surface area contributed by atoms with Crippen LogP contribution in [0.25, 0.3) is 0 Å². The fourth-order valence-electron chi connectivity index (χ4n) is 2.22. The molecule has 0 aliphatic carbocycles. The topological polar surface area (TPSA) is 142 Å². The Bertz CT molecular complexity index is 439. The van der Waals surface area contributed by atoms with Gasteiger partial charge in [-0.25, -0.2) is 9.59 Å². The molecule has 0 aromatic rings. The van der Waals surface area contributed by atoms with Crippen LogP contribution in [-0.4, -0.2) is 59.5 Å². The Morgan fingerprint density at radius 1 is 1.38 bits per heavy atom. The Balaban J connectivity index is 2.66. The number of carbonyl (C=O) groups excluding carboxylic acids is 3. The number of carboxylic acid groups (broad SMARTS) is 1. The zero-order valence-electron chi connectivity index (χ0n) is 11.8.